The van der Waals surface area contributed by atoms with E-state index in [2.05, 4.69) is 5.10 Å². The van der Waals surface area contributed by atoms with Gasteiger partial charge in [-0.2, -0.15) is 9.78 Å². The summed E-state index contributed by atoms with van der Waals surface area (Å²) in [5.41, 5.74) is 0. The van der Waals surface area contributed by atoms with Crippen molar-refractivity contribution >= 4 is 39.1 Å². The fraction of sp³-hybridized carbons (Fsp3) is 0.286. The van der Waals surface area contributed by atoms with E-state index in [1.807, 2.05) is 13.8 Å². The second-order valence-electron chi connectivity index (χ2n) is 4.61. The van der Waals surface area contributed by atoms with Gasteiger partial charge >= 0.3 is 6.03 Å². The van der Waals surface area contributed by atoms with Crippen LogP contribution in [0, 0.1) is 0 Å². The Kier molecular flexibility index (Phi) is 5.33. The number of amides is 1. The number of carbonyl (C=O) groups excluding carboxylic acids is 1. The molecule has 2 aromatic rings. The normalized spacial score (nSPS) is 11.5. The highest BCUT2D eigenvalue weighted by molar-refractivity contribution is 7.91. The Bertz CT molecular complexity index is 809. The van der Waals surface area contributed by atoms with Crippen molar-refractivity contribution in [2.24, 2.45) is 0 Å². The lowest BCUT2D eigenvalue weighted by atomic mass is 10.4. The van der Waals surface area contributed by atoms with Gasteiger partial charge in [0.1, 0.15) is 4.90 Å². The molecule has 1 aromatic heterocycles. The summed E-state index contributed by atoms with van der Waals surface area (Å²) in [5.74, 6) is 0. The third kappa shape index (κ3) is 3.36. The summed E-state index contributed by atoms with van der Waals surface area (Å²) in [6, 6.07) is 5.25. The van der Waals surface area contributed by atoms with Crippen LogP contribution in [0.4, 0.5) is 4.79 Å². The lowest BCUT2D eigenvalue weighted by molar-refractivity contribution is 0.201. The fourth-order valence-corrected chi connectivity index (χ4v) is 4.34. The fourth-order valence-electron chi connectivity index (χ4n) is 2.04. The van der Waals surface area contributed by atoms with E-state index in [0.29, 0.717) is 13.1 Å². The molecule has 0 aliphatic carbocycles. The van der Waals surface area contributed by atoms with Crippen LogP contribution >= 0.6 is 23.2 Å². The van der Waals surface area contributed by atoms with E-state index >= 15 is 0 Å². The van der Waals surface area contributed by atoms with Crippen LogP contribution in [0.1, 0.15) is 13.8 Å². The van der Waals surface area contributed by atoms with Gasteiger partial charge in [0, 0.05) is 19.3 Å². The minimum Gasteiger partial charge on any atom is -0.323 e. The summed E-state index contributed by atoms with van der Waals surface area (Å²) >= 11 is 11.9. The first-order valence-corrected chi connectivity index (χ1v) is 9.10. The third-order valence-electron chi connectivity index (χ3n) is 3.26. The molecule has 0 saturated carbocycles. The quantitative estimate of drug-likeness (QED) is 0.821. The second-order valence-corrected chi connectivity index (χ2v) is 7.26. The third-order valence-corrected chi connectivity index (χ3v) is 5.86. The van der Waals surface area contributed by atoms with Crippen LogP contribution in [0.2, 0.25) is 10.0 Å². The molecule has 0 aliphatic heterocycles. The maximum atomic E-state index is 12.7. The average molecular weight is 376 g/mol. The summed E-state index contributed by atoms with van der Waals surface area (Å²) < 4.78 is 26.3. The first-order chi connectivity index (χ1) is 10.8. The van der Waals surface area contributed by atoms with Gasteiger partial charge in [0.2, 0.25) is 9.84 Å². The van der Waals surface area contributed by atoms with E-state index in [9.17, 15) is 13.2 Å². The number of halogens is 2. The predicted octanol–water partition coefficient (Wildman–Crippen LogP) is 3.33. The van der Waals surface area contributed by atoms with Gasteiger partial charge in [-0.15, -0.1) is 0 Å². The molecule has 6 nitrogen and oxygen atoms in total. The van der Waals surface area contributed by atoms with E-state index in [1.54, 1.807) is 6.07 Å². The molecule has 0 saturated heterocycles. The van der Waals surface area contributed by atoms with Crippen LogP contribution in [-0.2, 0) is 9.84 Å². The summed E-state index contributed by atoms with van der Waals surface area (Å²) in [6.07, 6.45) is 1.30. The molecule has 1 heterocycles. The van der Waals surface area contributed by atoms with E-state index in [-0.39, 0.29) is 20.0 Å². The zero-order valence-corrected chi connectivity index (χ0v) is 14.9. The Morgan fingerprint density at radius 3 is 2.26 bits per heavy atom. The van der Waals surface area contributed by atoms with Crippen molar-refractivity contribution in [3.8, 4) is 0 Å². The average Bonchev–Trinajstić information content (AvgIpc) is 2.98. The topological polar surface area (TPSA) is 72.3 Å². The highest BCUT2D eigenvalue weighted by Gasteiger charge is 2.27. The van der Waals surface area contributed by atoms with Crippen molar-refractivity contribution in [3.05, 3.63) is 40.5 Å². The number of hydrogen-bond acceptors (Lipinski definition) is 4. The SMILES string of the molecule is CCN(CC)C(=O)n1ccc(S(=O)(=O)c2c(Cl)cccc2Cl)n1. The maximum Gasteiger partial charge on any atom is 0.344 e. The standard InChI is InChI=1S/C14H15Cl2N3O3S/c1-3-18(4-2)14(20)19-9-8-12(17-19)23(21,22)13-10(15)6-5-7-11(13)16/h5-9H,3-4H2,1-2H3. The molecule has 124 valence electrons. The van der Waals surface area contributed by atoms with Crippen LogP contribution in [-0.4, -0.2) is 42.2 Å². The molecule has 2 rings (SSSR count). The van der Waals surface area contributed by atoms with Crippen molar-refractivity contribution in [2.75, 3.05) is 13.1 Å². The van der Waals surface area contributed by atoms with Crippen molar-refractivity contribution in [1.82, 2.24) is 14.7 Å². The van der Waals surface area contributed by atoms with E-state index in [4.69, 9.17) is 23.2 Å². The van der Waals surface area contributed by atoms with Crippen molar-refractivity contribution < 1.29 is 13.2 Å². The van der Waals surface area contributed by atoms with Crippen LogP contribution in [0.5, 0.6) is 0 Å². The molecule has 0 atom stereocenters. The summed E-state index contributed by atoms with van der Waals surface area (Å²) in [6.45, 7) is 4.64. The largest absolute Gasteiger partial charge is 0.344 e. The van der Waals surface area contributed by atoms with Gasteiger partial charge in [-0.3, -0.25) is 0 Å². The molecule has 9 heteroatoms. The summed E-state index contributed by atoms with van der Waals surface area (Å²) in [4.78, 5) is 13.5. The molecule has 0 radical (unpaired) electrons. The zero-order chi connectivity index (χ0) is 17.2. The molecule has 0 aliphatic rings. The minimum absolute atomic E-state index is 0.00196. The predicted molar refractivity (Wildman–Crippen MR) is 87.9 cm³/mol. The molecular formula is C14H15Cl2N3O3S. The Morgan fingerprint density at radius 1 is 1.17 bits per heavy atom. The maximum absolute atomic E-state index is 12.7. The Morgan fingerprint density at radius 2 is 1.74 bits per heavy atom. The number of benzene rings is 1. The lowest BCUT2D eigenvalue weighted by Crippen LogP contribution is -2.34. The molecule has 0 fully saturated rings. The van der Waals surface area contributed by atoms with Crippen LogP contribution in [0.25, 0.3) is 0 Å². The molecule has 1 amide bonds. The summed E-state index contributed by atoms with van der Waals surface area (Å²) in [7, 11) is -4.02. The van der Waals surface area contributed by atoms with Gasteiger partial charge in [0.05, 0.1) is 10.0 Å². The highest BCUT2D eigenvalue weighted by atomic mass is 35.5. The molecule has 0 N–H and O–H groups in total. The first-order valence-electron chi connectivity index (χ1n) is 6.87. The second kappa shape index (κ2) is 6.90. The van der Waals surface area contributed by atoms with E-state index in [1.165, 1.54) is 29.3 Å². The van der Waals surface area contributed by atoms with Gasteiger partial charge in [-0.05, 0) is 32.0 Å². The van der Waals surface area contributed by atoms with Crippen molar-refractivity contribution in [3.63, 3.8) is 0 Å². The molecule has 0 bridgehead atoms. The van der Waals surface area contributed by atoms with E-state index < -0.39 is 15.9 Å². The molecule has 0 unspecified atom stereocenters. The highest BCUT2D eigenvalue weighted by Crippen LogP contribution is 2.32. The van der Waals surface area contributed by atoms with Gasteiger partial charge in [-0.25, -0.2) is 13.2 Å². The Balaban J connectivity index is 2.46. The number of sulfone groups is 1. The van der Waals surface area contributed by atoms with Gasteiger partial charge in [0.15, 0.2) is 5.03 Å². The first kappa shape index (κ1) is 17.8. The van der Waals surface area contributed by atoms with Gasteiger partial charge in [0.25, 0.3) is 0 Å². The smallest absolute Gasteiger partial charge is 0.323 e. The van der Waals surface area contributed by atoms with Crippen molar-refractivity contribution in [2.45, 2.75) is 23.8 Å². The molecular weight excluding hydrogens is 361 g/mol. The monoisotopic (exact) mass is 375 g/mol. The van der Waals surface area contributed by atoms with Crippen LogP contribution in [0.3, 0.4) is 0 Å². The van der Waals surface area contributed by atoms with E-state index in [0.717, 1.165) is 4.68 Å². The van der Waals surface area contributed by atoms with Crippen molar-refractivity contribution in [1.29, 1.82) is 0 Å². The number of nitrogens with zero attached hydrogens (tertiary/aromatic N) is 3. The molecule has 23 heavy (non-hydrogen) atoms. The van der Waals surface area contributed by atoms with Gasteiger partial charge < -0.3 is 4.90 Å². The number of hydrogen-bond donors (Lipinski definition) is 0. The Labute approximate surface area is 144 Å². The molecule has 0 spiro atoms. The van der Waals surface area contributed by atoms with Crippen LogP contribution < -0.4 is 0 Å². The lowest BCUT2D eigenvalue weighted by Gasteiger charge is -2.17. The molecule has 1 aromatic carbocycles. The van der Waals surface area contributed by atoms with Gasteiger partial charge in [-0.1, -0.05) is 29.3 Å². The Hall–Kier alpha value is -1.57. The number of carbonyl (C=O) groups is 1. The zero-order valence-electron chi connectivity index (χ0n) is 12.5. The summed E-state index contributed by atoms with van der Waals surface area (Å²) in [5, 5.41) is 3.60. The number of aromatic nitrogens is 2. The number of rotatable bonds is 4. The van der Waals surface area contributed by atoms with Crippen LogP contribution in [0.15, 0.2) is 40.4 Å². The minimum atomic E-state index is -4.02.